The van der Waals surface area contributed by atoms with Crippen molar-refractivity contribution >= 4 is 50.3 Å². The monoisotopic (exact) mass is 549 g/mol. The normalized spacial score (nSPS) is 11.1. The summed E-state index contributed by atoms with van der Waals surface area (Å²) in [5.74, 6) is -0.160. The van der Waals surface area contributed by atoms with Crippen LogP contribution in [0.25, 0.3) is 10.9 Å². The Morgan fingerprint density at radius 3 is 2.37 bits per heavy atom. The lowest BCUT2D eigenvalue weighted by molar-refractivity contribution is 0.0942. The number of rotatable bonds is 8. The zero-order valence-corrected chi connectivity index (χ0v) is 21.7. The maximum Gasteiger partial charge on any atom is 0.262 e. The Hall–Kier alpha value is -3.23. The van der Waals surface area contributed by atoms with Crippen LogP contribution >= 0.6 is 27.7 Å². The van der Waals surface area contributed by atoms with E-state index in [2.05, 4.69) is 21.2 Å². The van der Waals surface area contributed by atoms with Crippen molar-refractivity contribution in [3.63, 3.8) is 0 Å². The van der Waals surface area contributed by atoms with Crippen LogP contribution < -0.4 is 10.9 Å². The number of hydrogen-bond donors (Lipinski definition) is 1. The molecular formula is C27H24BrN3O3S. The highest BCUT2D eigenvalue weighted by molar-refractivity contribution is 9.10. The molecule has 4 rings (SSSR count). The van der Waals surface area contributed by atoms with Crippen LogP contribution in [-0.4, -0.2) is 33.0 Å². The Balaban J connectivity index is 1.72. The third-order valence-electron chi connectivity index (χ3n) is 5.28. The van der Waals surface area contributed by atoms with E-state index in [1.807, 2.05) is 56.3 Å². The minimum Gasteiger partial charge on any atom is -0.350 e. The number of thioether (sulfide) groups is 1. The van der Waals surface area contributed by atoms with Gasteiger partial charge in [-0.1, -0.05) is 70.2 Å². The van der Waals surface area contributed by atoms with E-state index in [0.717, 1.165) is 10.0 Å². The maximum atomic E-state index is 13.5. The van der Waals surface area contributed by atoms with Crippen molar-refractivity contribution < 1.29 is 9.59 Å². The van der Waals surface area contributed by atoms with E-state index < -0.39 is 0 Å². The van der Waals surface area contributed by atoms with Crippen molar-refractivity contribution in [2.45, 2.75) is 31.6 Å². The van der Waals surface area contributed by atoms with Gasteiger partial charge in [-0.25, -0.2) is 4.98 Å². The summed E-state index contributed by atoms with van der Waals surface area (Å²) in [6.45, 7) is 4.10. The number of nitrogens with zero attached hydrogens (tertiary/aromatic N) is 2. The molecule has 0 bridgehead atoms. The highest BCUT2D eigenvalue weighted by atomic mass is 79.9. The molecule has 1 amide bonds. The molecule has 178 valence electrons. The molecule has 0 fully saturated rings. The third kappa shape index (κ3) is 6.07. The molecule has 1 heterocycles. The number of ketones is 1. The van der Waals surface area contributed by atoms with Crippen molar-refractivity contribution in [3.8, 4) is 0 Å². The average molecular weight is 550 g/mol. The third-order valence-corrected chi connectivity index (χ3v) is 6.79. The molecule has 0 saturated carbocycles. The van der Waals surface area contributed by atoms with Gasteiger partial charge in [0.05, 0.1) is 23.2 Å². The Morgan fingerprint density at radius 1 is 1.00 bits per heavy atom. The fourth-order valence-corrected chi connectivity index (χ4v) is 4.71. The number of aromatic nitrogens is 2. The molecule has 8 heteroatoms. The van der Waals surface area contributed by atoms with Gasteiger partial charge in [0.1, 0.15) is 0 Å². The highest BCUT2D eigenvalue weighted by Gasteiger charge is 2.16. The van der Waals surface area contributed by atoms with Gasteiger partial charge in [0.15, 0.2) is 10.9 Å². The molecule has 0 aliphatic carbocycles. The number of Topliss-reactive ketones (excluding diaryl/α,β-unsaturated/α-hetero) is 1. The molecule has 6 nitrogen and oxygen atoms in total. The zero-order valence-electron chi connectivity index (χ0n) is 19.3. The zero-order chi connectivity index (χ0) is 24.9. The number of halogens is 1. The van der Waals surface area contributed by atoms with E-state index in [4.69, 9.17) is 4.98 Å². The van der Waals surface area contributed by atoms with Crippen molar-refractivity contribution in [1.29, 1.82) is 0 Å². The first-order chi connectivity index (χ1) is 16.8. The van der Waals surface area contributed by atoms with Gasteiger partial charge < -0.3 is 5.32 Å². The van der Waals surface area contributed by atoms with Crippen LogP contribution in [-0.2, 0) is 6.54 Å². The average Bonchev–Trinajstić information content (AvgIpc) is 2.85. The second kappa shape index (κ2) is 11.0. The summed E-state index contributed by atoms with van der Waals surface area (Å²) < 4.78 is 2.48. The summed E-state index contributed by atoms with van der Waals surface area (Å²) in [5, 5.41) is 3.71. The Bertz CT molecular complexity index is 1430. The number of carbonyl (C=O) groups is 2. The van der Waals surface area contributed by atoms with Gasteiger partial charge in [-0.3, -0.25) is 19.0 Å². The molecule has 0 aliphatic rings. The van der Waals surface area contributed by atoms with E-state index >= 15 is 0 Å². The summed E-state index contributed by atoms with van der Waals surface area (Å²) in [6.07, 6.45) is 0. The van der Waals surface area contributed by atoms with Crippen LogP contribution in [0, 0.1) is 0 Å². The predicted octanol–water partition coefficient (Wildman–Crippen LogP) is 5.32. The molecule has 1 N–H and O–H groups in total. The maximum absolute atomic E-state index is 13.5. The summed E-state index contributed by atoms with van der Waals surface area (Å²) in [4.78, 5) is 43.5. The lowest BCUT2D eigenvalue weighted by Crippen LogP contribution is -2.30. The molecule has 0 spiro atoms. The number of benzene rings is 3. The van der Waals surface area contributed by atoms with Crippen LogP contribution in [0.2, 0.25) is 0 Å². The first-order valence-electron chi connectivity index (χ1n) is 11.1. The first kappa shape index (κ1) is 24.9. The SMILES string of the molecule is CC(C)NC(=O)c1ccc2c(=O)n(Cc3ccccc3)c(SCC(=O)c3ccc(Br)cc3)nc2c1. The smallest absolute Gasteiger partial charge is 0.262 e. The van der Waals surface area contributed by atoms with E-state index in [9.17, 15) is 14.4 Å². The molecule has 0 saturated heterocycles. The van der Waals surface area contributed by atoms with Crippen LogP contribution in [0.1, 0.15) is 40.1 Å². The molecule has 35 heavy (non-hydrogen) atoms. The van der Waals surface area contributed by atoms with Gasteiger partial charge in [0.25, 0.3) is 11.5 Å². The van der Waals surface area contributed by atoms with Crippen molar-refractivity contribution in [2.75, 3.05) is 5.75 Å². The van der Waals surface area contributed by atoms with Gasteiger partial charge in [-0.15, -0.1) is 0 Å². The Kier molecular flexibility index (Phi) is 7.83. The molecule has 4 aromatic rings. The van der Waals surface area contributed by atoms with Crippen LogP contribution in [0.15, 0.2) is 87.2 Å². The minimum absolute atomic E-state index is 0.0132. The number of hydrogen-bond acceptors (Lipinski definition) is 5. The molecule has 0 atom stereocenters. The fourth-order valence-electron chi connectivity index (χ4n) is 3.55. The lowest BCUT2D eigenvalue weighted by Gasteiger charge is -2.14. The van der Waals surface area contributed by atoms with E-state index in [1.165, 1.54) is 11.8 Å². The number of amides is 1. The molecule has 1 aromatic heterocycles. The summed E-state index contributed by atoms with van der Waals surface area (Å²) in [5.41, 5.74) is 2.18. The van der Waals surface area contributed by atoms with Crippen LogP contribution in [0.5, 0.6) is 0 Å². The minimum atomic E-state index is -0.225. The van der Waals surface area contributed by atoms with Crippen LogP contribution in [0.3, 0.4) is 0 Å². The van der Waals surface area contributed by atoms with Crippen molar-refractivity contribution in [1.82, 2.24) is 14.9 Å². The largest absolute Gasteiger partial charge is 0.350 e. The van der Waals surface area contributed by atoms with Gasteiger partial charge in [-0.2, -0.15) is 0 Å². The molecule has 3 aromatic carbocycles. The lowest BCUT2D eigenvalue weighted by atomic mass is 10.1. The van der Waals surface area contributed by atoms with E-state index in [-0.39, 0.29) is 29.0 Å². The Morgan fingerprint density at radius 2 is 1.69 bits per heavy atom. The van der Waals surface area contributed by atoms with Gasteiger partial charge in [-0.05, 0) is 49.7 Å². The standard InChI is InChI=1S/C27H24BrN3O3S/c1-17(2)29-25(33)20-10-13-22-23(14-20)30-27(31(26(22)34)15-18-6-4-3-5-7-18)35-16-24(32)19-8-11-21(28)12-9-19/h3-14,17H,15-16H2,1-2H3,(H,29,33). The highest BCUT2D eigenvalue weighted by Crippen LogP contribution is 2.22. The molecule has 0 aliphatic heterocycles. The van der Waals surface area contributed by atoms with Crippen molar-refractivity contribution in [2.24, 2.45) is 0 Å². The molecule has 0 radical (unpaired) electrons. The van der Waals surface area contributed by atoms with E-state index in [0.29, 0.717) is 33.7 Å². The predicted molar refractivity (Wildman–Crippen MR) is 143 cm³/mol. The summed E-state index contributed by atoms with van der Waals surface area (Å²) >= 11 is 4.60. The van der Waals surface area contributed by atoms with Crippen molar-refractivity contribution in [3.05, 3.63) is 104 Å². The van der Waals surface area contributed by atoms with Gasteiger partial charge in [0.2, 0.25) is 0 Å². The molecular weight excluding hydrogens is 526 g/mol. The molecule has 0 unspecified atom stereocenters. The van der Waals surface area contributed by atoms with Gasteiger partial charge >= 0.3 is 0 Å². The van der Waals surface area contributed by atoms with Gasteiger partial charge in [0, 0.05) is 21.6 Å². The fraction of sp³-hybridized carbons (Fsp3) is 0.185. The second-order valence-electron chi connectivity index (χ2n) is 8.35. The second-order valence-corrected chi connectivity index (χ2v) is 10.2. The number of nitrogens with one attached hydrogen (secondary N) is 1. The topological polar surface area (TPSA) is 81.1 Å². The number of carbonyl (C=O) groups excluding carboxylic acids is 2. The van der Waals surface area contributed by atoms with Crippen LogP contribution in [0.4, 0.5) is 0 Å². The Labute approximate surface area is 215 Å². The summed E-state index contributed by atoms with van der Waals surface area (Å²) in [7, 11) is 0. The van der Waals surface area contributed by atoms with E-state index in [1.54, 1.807) is 34.9 Å². The first-order valence-corrected chi connectivity index (χ1v) is 12.9. The quantitative estimate of drug-likeness (QED) is 0.183. The number of fused-ring (bicyclic) bond motifs is 1. The summed E-state index contributed by atoms with van der Waals surface area (Å²) in [6, 6.07) is 21.7.